The first-order valence-corrected chi connectivity index (χ1v) is 10.6. The summed E-state index contributed by atoms with van der Waals surface area (Å²) in [6.07, 6.45) is 1.71. The second kappa shape index (κ2) is 10.2. The zero-order chi connectivity index (χ0) is 22.4. The predicted molar refractivity (Wildman–Crippen MR) is 122 cm³/mol. The van der Waals surface area contributed by atoms with E-state index in [2.05, 4.69) is 47.1 Å². The number of hydrogen-bond acceptors (Lipinski definition) is 4. The molecule has 0 aliphatic carbocycles. The van der Waals surface area contributed by atoms with E-state index in [4.69, 9.17) is 11.1 Å². The van der Waals surface area contributed by atoms with Crippen molar-refractivity contribution in [1.82, 2.24) is 16.0 Å². The van der Waals surface area contributed by atoms with E-state index in [-0.39, 0.29) is 23.7 Å². The Bertz CT molecular complexity index is 941. The third-order valence-electron chi connectivity index (χ3n) is 5.72. The van der Waals surface area contributed by atoms with Crippen LogP contribution in [0.4, 0.5) is 0 Å². The molecule has 0 radical (unpaired) electrons. The number of nitrogens with one attached hydrogen (secondary N) is 4. The molecule has 2 aromatic carbocycles. The Morgan fingerprint density at radius 1 is 1.23 bits per heavy atom. The fraction of sp³-hybridized carbons (Fsp3) is 0.375. The summed E-state index contributed by atoms with van der Waals surface area (Å²) in [6, 6.07) is 14.6. The molecule has 0 aromatic heterocycles. The highest BCUT2D eigenvalue weighted by Crippen LogP contribution is 2.28. The van der Waals surface area contributed by atoms with Crippen LogP contribution in [0.5, 0.6) is 0 Å². The van der Waals surface area contributed by atoms with Gasteiger partial charge in [0.15, 0.2) is 0 Å². The molecule has 7 nitrogen and oxygen atoms in total. The van der Waals surface area contributed by atoms with Gasteiger partial charge in [-0.3, -0.25) is 15.0 Å². The Morgan fingerprint density at radius 3 is 2.65 bits per heavy atom. The average molecular weight is 422 g/mol. The first-order valence-electron chi connectivity index (χ1n) is 10.6. The molecule has 1 aliphatic heterocycles. The van der Waals surface area contributed by atoms with Crippen molar-refractivity contribution in [2.24, 2.45) is 5.73 Å². The maximum absolute atomic E-state index is 12.7. The van der Waals surface area contributed by atoms with E-state index in [1.54, 1.807) is 19.1 Å². The molecule has 2 amide bonds. The molecule has 1 fully saturated rings. The summed E-state index contributed by atoms with van der Waals surface area (Å²) in [5.74, 6) is -0.0484. The molecule has 0 spiro atoms. The second-order valence-electron chi connectivity index (χ2n) is 8.20. The lowest BCUT2D eigenvalue weighted by Gasteiger charge is -2.30. The molecule has 7 heteroatoms. The number of nitrogens with two attached hydrogens (primary N) is 1. The van der Waals surface area contributed by atoms with Gasteiger partial charge in [-0.25, -0.2) is 0 Å². The van der Waals surface area contributed by atoms with Crippen LogP contribution in [-0.2, 0) is 16.1 Å². The van der Waals surface area contributed by atoms with Gasteiger partial charge in [0.05, 0.1) is 6.04 Å². The van der Waals surface area contributed by atoms with Crippen molar-refractivity contribution in [2.45, 2.75) is 51.2 Å². The number of nitrogen functional groups attached to an aromatic ring is 1. The van der Waals surface area contributed by atoms with Gasteiger partial charge in [-0.1, -0.05) is 54.1 Å². The summed E-state index contributed by atoms with van der Waals surface area (Å²) in [5.41, 5.74) is 9.47. The Hall–Kier alpha value is -3.19. The fourth-order valence-corrected chi connectivity index (χ4v) is 3.87. The van der Waals surface area contributed by atoms with Gasteiger partial charge in [-0.2, -0.15) is 0 Å². The van der Waals surface area contributed by atoms with Gasteiger partial charge < -0.3 is 21.7 Å². The summed E-state index contributed by atoms with van der Waals surface area (Å²) in [4.78, 5) is 25.2. The van der Waals surface area contributed by atoms with Crippen LogP contribution in [0.2, 0.25) is 0 Å². The van der Waals surface area contributed by atoms with Crippen LogP contribution in [0.15, 0.2) is 48.5 Å². The van der Waals surface area contributed by atoms with Gasteiger partial charge >= 0.3 is 0 Å². The molecule has 0 saturated carbocycles. The second-order valence-corrected chi connectivity index (χ2v) is 8.20. The van der Waals surface area contributed by atoms with Crippen LogP contribution in [0.3, 0.4) is 0 Å². The third kappa shape index (κ3) is 6.15. The minimum Gasteiger partial charge on any atom is -0.384 e. The van der Waals surface area contributed by atoms with Gasteiger partial charge in [0, 0.05) is 12.1 Å². The standard InChI is InChI=1S/C24H31N5O2/c1-15-4-3-5-19(12-15)20-10-11-27-21(13-20)24(31)29-16(2)23(30)28-14-17-6-8-18(9-7-17)22(25)26/h3-9,12,16,20-21,27H,10-11,13-14H2,1-2H3,(H3,25,26)(H,28,30)(H,29,31)/t16-,20?,21?/m0/s1. The number of carbonyl (C=O) groups excluding carboxylic acids is 2. The molecule has 3 rings (SSSR count). The highest BCUT2D eigenvalue weighted by Gasteiger charge is 2.29. The van der Waals surface area contributed by atoms with Gasteiger partial charge in [-0.15, -0.1) is 0 Å². The quantitative estimate of drug-likeness (QED) is 0.347. The van der Waals surface area contributed by atoms with Crippen molar-refractivity contribution in [1.29, 1.82) is 5.41 Å². The first-order chi connectivity index (χ1) is 14.8. The number of carbonyl (C=O) groups is 2. The highest BCUT2D eigenvalue weighted by atomic mass is 16.2. The Kier molecular flexibility index (Phi) is 7.41. The monoisotopic (exact) mass is 421 g/mol. The number of amidine groups is 1. The van der Waals surface area contributed by atoms with Crippen LogP contribution in [0.25, 0.3) is 0 Å². The van der Waals surface area contributed by atoms with E-state index < -0.39 is 6.04 Å². The van der Waals surface area contributed by atoms with E-state index in [0.717, 1.165) is 18.5 Å². The minimum absolute atomic E-state index is 0.00730. The summed E-state index contributed by atoms with van der Waals surface area (Å²) in [6.45, 7) is 4.88. The maximum atomic E-state index is 12.7. The van der Waals surface area contributed by atoms with E-state index >= 15 is 0 Å². The van der Waals surface area contributed by atoms with Gasteiger partial charge in [-0.05, 0) is 50.3 Å². The molecule has 1 aliphatic rings. The van der Waals surface area contributed by atoms with Crippen molar-refractivity contribution < 1.29 is 9.59 Å². The minimum atomic E-state index is -0.634. The van der Waals surface area contributed by atoms with Crippen LogP contribution < -0.4 is 21.7 Å². The van der Waals surface area contributed by atoms with Crippen LogP contribution in [-0.4, -0.2) is 36.3 Å². The van der Waals surface area contributed by atoms with Crippen molar-refractivity contribution in [3.63, 3.8) is 0 Å². The van der Waals surface area contributed by atoms with E-state index in [9.17, 15) is 9.59 Å². The van der Waals surface area contributed by atoms with Crippen molar-refractivity contribution >= 4 is 17.6 Å². The average Bonchev–Trinajstić information content (AvgIpc) is 2.77. The van der Waals surface area contributed by atoms with Crippen molar-refractivity contribution in [3.05, 3.63) is 70.8 Å². The largest absolute Gasteiger partial charge is 0.384 e. The SMILES string of the molecule is Cc1cccc(C2CCNC(C(=O)N[C@@H](C)C(=O)NCc3ccc(C(=N)N)cc3)C2)c1. The molecular formula is C24H31N5O2. The van der Waals surface area contributed by atoms with Crippen molar-refractivity contribution in [3.8, 4) is 0 Å². The number of aryl methyl sites for hydroxylation is 1. The summed E-state index contributed by atoms with van der Waals surface area (Å²) >= 11 is 0. The van der Waals surface area contributed by atoms with E-state index in [1.807, 2.05) is 12.1 Å². The molecular weight excluding hydrogens is 390 g/mol. The van der Waals surface area contributed by atoms with Crippen LogP contribution in [0, 0.1) is 12.3 Å². The zero-order valence-corrected chi connectivity index (χ0v) is 18.1. The number of benzene rings is 2. The lowest BCUT2D eigenvalue weighted by Crippen LogP contribution is -2.53. The molecule has 2 aromatic rings. The summed E-state index contributed by atoms with van der Waals surface area (Å²) < 4.78 is 0. The molecule has 2 unspecified atom stereocenters. The van der Waals surface area contributed by atoms with Gasteiger partial charge in [0.2, 0.25) is 11.8 Å². The summed E-state index contributed by atoms with van der Waals surface area (Å²) in [5, 5.41) is 16.4. The lowest BCUT2D eigenvalue weighted by molar-refractivity contribution is -0.130. The van der Waals surface area contributed by atoms with Gasteiger partial charge in [0.25, 0.3) is 0 Å². The molecule has 31 heavy (non-hydrogen) atoms. The number of piperidine rings is 1. The third-order valence-corrected chi connectivity index (χ3v) is 5.72. The van der Waals surface area contributed by atoms with Crippen LogP contribution >= 0.6 is 0 Å². The molecule has 1 saturated heterocycles. The smallest absolute Gasteiger partial charge is 0.242 e. The molecule has 1 heterocycles. The maximum Gasteiger partial charge on any atom is 0.242 e. The van der Waals surface area contributed by atoms with Crippen molar-refractivity contribution in [2.75, 3.05) is 6.54 Å². The predicted octanol–water partition coefficient (Wildman–Crippen LogP) is 1.94. The highest BCUT2D eigenvalue weighted by molar-refractivity contribution is 5.95. The lowest BCUT2D eigenvalue weighted by atomic mass is 9.85. The number of hydrogen-bond donors (Lipinski definition) is 5. The molecule has 6 N–H and O–H groups in total. The Morgan fingerprint density at radius 2 is 1.97 bits per heavy atom. The molecule has 164 valence electrons. The first kappa shape index (κ1) is 22.5. The van der Waals surface area contributed by atoms with E-state index in [1.165, 1.54) is 11.1 Å². The zero-order valence-electron chi connectivity index (χ0n) is 18.1. The number of amides is 2. The summed E-state index contributed by atoms with van der Waals surface area (Å²) in [7, 11) is 0. The fourth-order valence-electron chi connectivity index (χ4n) is 3.87. The Balaban J connectivity index is 1.49. The normalized spacial score (nSPS) is 19.3. The van der Waals surface area contributed by atoms with E-state index in [0.29, 0.717) is 24.4 Å². The topological polar surface area (TPSA) is 120 Å². The molecule has 0 bridgehead atoms. The number of rotatable bonds is 7. The van der Waals surface area contributed by atoms with Crippen LogP contribution in [0.1, 0.15) is 47.9 Å². The molecule has 3 atom stereocenters. The van der Waals surface area contributed by atoms with Gasteiger partial charge in [0.1, 0.15) is 11.9 Å². The Labute approximate surface area is 183 Å².